The van der Waals surface area contributed by atoms with E-state index in [1.165, 1.54) is 4.52 Å². The lowest BCUT2D eigenvalue weighted by Crippen LogP contribution is -2.22. The second kappa shape index (κ2) is 5.63. The maximum absolute atomic E-state index is 11.6. The first-order valence-electron chi connectivity index (χ1n) is 6.00. The molecule has 0 aromatic carbocycles. The number of hydrogen-bond donors (Lipinski definition) is 2. The molecule has 0 aliphatic carbocycles. The molecule has 0 saturated heterocycles. The SMILES string of the molecule is CCOC(C)CCNc1nc2ccnn2c(=O)[nH]1. The van der Waals surface area contributed by atoms with Crippen LogP contribution in [0.15, 0.2) is 17.1 Å². The van der Waals surface area contributed by atoms with Crippen molar-refractivity contribution in [3.8, 4) is 0 Å². The van der Waals surface area contributed by atoms with Gasteiger partial charge in [0.2, 0.25) is 5.95 Å². The van der Waals surface area contributed by atoms with Gasteiger partial charge in [-0.3, -0.25) is 4.98 Å². The Morgan fingerprint density at radius 2 is 2.44 bits per heavy atom. The number of aromatic amines is 1. The quantitative estimate of drug-likeness (QED) is 0.787. The van der Waals surface area contributed by atoms with Crippen LogP contribution in [-0.2, 0) is 4.74 Å². The van der Waals surface area contributed by atoms with Gasteiger partial charge in [0.05, 0.1) is 12.3 Å². The minimum absolute atomic E-state index is 0.188. The van der Waals surface area contributed by atoms with Gasteiger partial charge >= 0.3 is 5.69 Å². The lowest BCUT2D eigenvalue weighted by Gasteiger charge is -2.11. The van der Waals surface area contributed by atoms with E-state index in [0.717, 1.165) is 6.42 Å². The number of anilines is 1. The van der Waals surface area contributed by atoms with Crippen LogP contribution >= 0.6 is 0 Å². The van der Waals surface area contributed by atoms with Crippen LogP contribution in [0.4, 0.5) is 5.95 Å². The molecule has 98 valence electrons. The Hall–Kier alpha value is -1.89. The molecule has 7 nitrogen and oxygen atoms in total. The first-order chi connectivity index (χ1) is 8.70. The van der Waals surface area contributed by atoms with E-state index in [9.17, 15) is 4.79 Å². The van der Waals surface area contributed by atoms with Gasteiger partial charge in [-0.1, -0.05) is 0 Å². The van der Waals surface area contributed by atoms with Gasteiger partial charge in [-0.05, 0) is 20.3 Å². The molecule has 1 unspecified atom stereocenters. The molecule has 1 atom stereocenters. The molecule has 0 aliphatic rings. The summed E-state index contributed by atoms with van der Waals surface area (Å²) >= 11 is 0. The fraction of sp³-hybridized carbons (Fsp3) is 0.545. The van der Waals surface area contributed by atoms with E-state index in [0.29, 0.717) is 24.7 Å². The third-order valence-corrected chi connectivity index (χ3v) is 2.56. The van der Waals surface area contributed by atoms with E-state index in [1.54, 1.807) is 12.3 Å². The Bertz CT molecular complexity index is 562. The minimum atomic E-state index is -0.301. The summed E-state index contributed by atoms with van der Waals surface area (Å²) < 4.78 is 6.63. The first-order valence-corrected chi connectivity index (χ1v) is 6.00. The highest BCUT2D eigenvalue weighted by atomic mass is 16.5. The van der Waals surface area contributed by atoms with Gasteiger partial charge in [-0.15, -0.1) is 0 Å². The average molecular weight is 251 g/mol. The smallest absolute Gasteiger partial charge is 0.350 e. The minimum Gasteiger partial charge on any atom is -0.379 e. The molecule has 0 aliphatic heterocycles. The van der Waals surface area contributed by atoms with Gasteiger partial charge in [0.1, 0.15) is 0 Å². The van der Waals surface area contributed by atoms with Gasteiger partial charge in [-0.25, -0.2) is 4.79 Å². The van der Waals surface area contributed by atoms with Crippen LogP contribution in [-0.4, -0.2) is 38.8 Å². The summed E-state index contributed by atoms with van der Waals surface area (Å²) in [4.78, 5) is 18.5. The number of nitrogens with zero attached hydrogens (tertiary/aromatic N) is 3. The molecule has 0 amide bonds. The molecule has 2 aromatic rings. The molecule has 7 heteroatoms. The van der Waals surface area contributed by atoms with Crippen LogP contribution in [0.5, 0.6) is 0 Å². The van der Waals surface area contributed by atoms with E-state index in [2.05, 4.69) is 20.4 Å². The van der Waals surface area contributed by atoms with Crippen LogP contribution in [0.1, 0.15) is 20.3 Å². The largest absolute Gasteiger partial charge is 0.379 e. The third kappa shape index (κ3) is 2.86. The Balaban J connectivity index is 1.97. The highest BCUT2D eigenvalue weighted by Crippen LogP contribution is 2.01. The summed E-state index contributed by atoms with van der Waals surface area (Å²) in [5.41, 5.74) is 0.226. The van der Waals surface area contributed by atoms with Crippen LogP contribution < -0.4 is 11.0 Å². The fourth-order valence-corrected chi connectivity index (χ4v) is 1.68. The average Bonchev–Trinajstić information content (AvgIpc) is 2.78. The summed E-state index contributed by atoms with van der Waals surface area (Å²) in [5.74, 6) is 0.455. The molecular weight excluding hydrogens is 234 g/mol. The molecule has 2 rings (SSSR count). The highest BCUT2D eigenvalue weighted by Gasteiger charge is 2.04. The number of ether oxygens (including phenoxy) is 1. The predicted molar refractivity (Wildman–Crippen MR) is 67.8 cm³/mol. The number of H-pyrrole nitrogens is 1. The van der Waals surface area contributed by atoms with E-state index in [-0.39, 0.29) is 11.8 Å². The van der Waals surface area contributed by atoms with Gasteiger partial charge < -0.3 is 10.1 Å². The van der Waals surface area contributed by atoms with Crippen molar-refractivity contribution in [2.45, 2.75) is 26.4 Å². The van der Waals surface area contributed by atoms with Gasteiger partial charge in [0.15, 0.2) is 5.65 Å². The zero-order chi connectivity index (χ0) is 13.0. The van der Waals surface area contributed by atoms with Crippen molar-refractivity contribution in [1.82, 2.24) is 19.6 Å². The molecule has 2 aromatic heterocycles. The number of rotatable bonds is 6. The maximum Gasteiger partial charge on any atom is 0.350 e. The zero-order valence-corrected chi connectivity index (χ0v) is 10.5. The number of fused-ring (bicyclic) bond motifs is 1. The lowest BCUT2D eigenvalue weighted by molar-refractivity contribution is 0.0728. The fourth-order valence-electron chi connectivity index (χ4n) is 1.68. The predicted octanol–water partition coefficient (Wildman–Crippen LogP) is 0.645. The monoisotopic (exact) mass is 251 g/mol. The second-order valence-corrected chi connectivity index (χ2v) is 3.97. The molecule has 0 saturated carbocycles. The van der Waals surface area contributed by atoms with Gasteiger partial charge in [0.25, 0.3) is 0 Å². The molecule has 2 heterocycles. The van der Waals surface area contributed by atoms with Crippen molar-refractivity contribution in [3.05, 3.63) is 22.7 Å². The van der Waals surface area contributed by atoms with Crippen LogP contribution in [0.25, 0.3) is 5.65 Å². The summed E-state index contributed by atoms with van der Waals surface area (Å²) in [7, 11) is 0. The van der Waals surface area contributed by atoms with Crippen LogP contribution in [0.2, 0.25) is 0 Å². The van der Waals surface area contributed by atoms with Crippen molar-refractivity contribution < 1.29 is 4.74 Å². The molecule has 0 bridgehead atoms. The summed E-state index contributed by atoms with van der Waals surface area (Å²) in [5, 5.41) is 6.92. The van der Waals surface area contributed by atoms with Crippen LogP contribution in [0, 0.1) is 0 Å². The maximum atomic E-state index is 11.6. The molecule has 2 N–H and O–H groups in total. The summed E-state index contributed by atoms with van der Waals surface area (Å²) in [6.07, 6.45) is 2.58. The molecule has 0 spiro atoms. The van der Waals surface area contributed by atoms with E-state index in [4.69, 9.17) is 4.74 Å². The van der Waals surface area contributed by atoms with Gasteiger partial charge in [-0.2, -0.15) is 14.6 Å². The van der Waals surface area contributed by atoms with Crippen molar-refractivity contribution in [1.29, 1.82) is 0 Å². The van der Waals surface area contributed by atoms with Gasteiger partial charge in [0, 0.05) is 19.2 Å². The van der Waals surface area contributed by atoms with E-state index >= 15 is 0 Å². The highest BCUT2D eigenvalue weighted by molar-refractivity contribution is 5.40. The molecule has 0 radical (unpaired) electrons. The Morgan fingerprint density at radius 1 is 1.61 bits per heavy atom. The summed E-state index contributed by atoms with van der Waals surface area (Å²) in [6, 6.07) is 1.68. The number of hydrogen-bond acceptors (Lipinski definition) is 5. The summed E-state index contributed by atoms with van der Waals surface area (Å²) in [6.45, 7) is 5.38. The number of nitrogens with one attached hydrogen (secondary N) is 2. The standard InChI is InChI=1S/C11H17N5O2/c1-3-18-8(2)4-6-12-10-14-9-5-7-13-16(9)11(17)15-10/h5,7-8H,3-4,6H2,1-2H3,(H2,12,14,15,17). The van der Waals surface area contributed by atoms with E-state index < -0.39 is 0 Å². The molecule has 0 fully saturated rings. The second-order valence-electron chi connectivity index (χ2n) is 3.97. The Kier molecular flexibility index (Phi) is 3.93. The third-order valence-electron chi connectivity index (χ3n) is 2.56. The van der Waals surface area contributed by atoms with Crippen LogP contribution in [0.3, 0.4) is 0 Å². The first kappa shape index (κ1) is 12.6. The topological polar surface area (TPSA) is 84.3 Å². The number of aromatic nitrogens is 4. The molecule has 18 heavy (non-hydrogen) atoms. The Morgan fingerprint density at radius 3 is 3.22 bits per heavy atom. The van der Waals surface area contributed by atoms with Crippen molar-refractivity contribution in [2.75, 3.05) is 18.5 Å². The van der Waals surface area contributed by atoms with E-state index in [1.807, 2.05) is 13.8 Å². The Labute approximate surface area is 104 Å². The molecular formula is C11H17N5O2. The van der Waals surface area contributed by atoms with Crippen molar-refractivity contribution >= 4 is 11.6 Å². The van der Waals surface area contributed by atoms with Crippen molar-refractivity contribution in [2.24, 2.45) is 0 Å². The van der Waals surface area contributed by atoms with Crippen molar-refractivity contribution in [3.63, 3.8) is 0 Å². The lowest BCUT2D eigenvalue weighted by atomic mass is 10.3. The normalized spacial score (nSPS) is 12.8. The zero-order valence-electron chi connectivity index (χ0n) is 10.5.